The molecule has 0 aromatic rings. The van der Waals surface area contributed by atoms with Crippen LogP contribution in [0.5, 0.6) is 0 Å². The zero-order chi connectivity index (χ0) is 12.3. The van der Waals surface area contributed by atoms with Crippen molar-refractivity contribution in [1.82, 2.24) is 10.2 Å². The molecule has 5 nitrogen and oxygen atoms in total. The summed E-state index contributed by atoms with van der Waals surface area (Å²) in [5.41, 5.74) is -0.688. The molecule has 1 aliphatic carbocycles. The van der Waals surface area contributed by atoms with Gasteiger partial charge in [0.25, 0.3) is 0 Å². The van der Waals surface area contributed by atoms with Crippen LogP contribution in [0.2, 0.25) is 0 Å². The SMILES string of the molecule is CCNC(C)(C)C(=O)N(CC(=O)O)C1CC1. The fourth-order valence-corrected chi connectivity index (χ4v) is 1.78. The third-order valence-electron chi connectivity index (χ3n) is 2.71. The molecule has 1 amide bonds. The number of carbonyl (C=O) groups is 2. The standard InChI is InChI=1S/C11H20N2O3/c1-4-12-11(2,3)10(16)13(7-9(14)15)8-5-6-8/h8,12H,4-7H2,1-3H3,(H,14,15). The molecule has 0 aromatic carbocycles. The van der Waals surface area contributed by atoms with Crippen molar-refractivity contribution in [3.63, 3.8) is 0 Å². The van der Waals surface area contributed by atoms with Crippen molar-refractivity contribution in [2.24, 2.45) is 0 Å². The minimum absolute atomic E-state index is 0.126. The molecule has 0 aromatic heterocycles. The van der Waals surface area contributed by atoms with Gasteiger partial charge in [0.1, 0.15) is 6.54 Å². The Balaban J connectivity index is 2.70. The van der Waals surface area contributed by atoms with Crippen molar-refractivity contribution >= 4 is 11.9 Å². The first-order chi connectivity index (χ1) is 7.38. The number of nitrogens with zero attached hydrogens (tertiary/aromatic N) is 1. The number of hydrogen-bond donors (Lipinski definition) is 2. The quantitative estimate of drug-likeness (QED) is 0.692. The normalized spacial score (nSPS) is 15.9. The molecule has 0 heterocycles. The molecule has 5 heteroatoms. The number of hydrogen-bond acceptors (Lipinski definition) is 3. The number of carboxylic acids is 1. The zero-order valence-corrected chi connectivity index (χ0v) is 10.1. The second-order valence-corrected chi connectivity index (χ2v) is 4.71. The molecule has 0 saturated heterocycles. The summed E-state index contributed by atoms with van der Waals surface area (Å²) in [6.07, 6.45) is 1.84. The lowest BCUT2D eigenvalue weighted by atomic mass is 10.0. The summed E-state index contributed by atoms with van der Waals surface area (Å²) in [6, 6.07) is 0.126. The van der Waals surface area contributed by atoms with Gasteiger partial charge in [-0.1, -0.05) is 6.92 Å². The molecule has 0 aliphatic heterocycles. The fourth-order valence-electron chi connectivity index (χ4n) is 1.78. The topological polar surface area (TPSA) is 69.6 Å². The molecule has 2 N–H and O–H groups in total. The monoisotopic (exact) mass is 228 g/mol. The van der Waals surface area contributed by atoms with Gasteiger partial charge >= 0.3 is 5.97 Å². The zero-order valence-electron chi connectivity index (χ0n) is 10.1. The van der Waals surface area contributed by atoms with Gasteiger partial charge in [-0.05, 0) is 33.2 Å². The van der Waals surface area contributed by atoms with Gasteiger partial charge in [0.05, 0.1) is 5.54 Å². The maximum Gasteiger partial charge on any atom is 0.323 e. The van der Waals surface area contributed by atoms with Crippen molar-refractivity contribution in [1.29, 1.82) is 0 Å². The smallest absolute Gasteiger partial charge is 0.323 e. The summed E-state index contributed by atoms with van der Waals surface area (Å²) in [7, 11) is 0. The van der Waals surface area contributed by atoms with Gasteiger partial charge in [0, 0.05) is 6.04 Å². The van der Waals surface area contributed by atoms with E-state index in [1.54, 1.807) is 13.8 Å². The number of carboxylic acid groups (broad SMARTS) is 1. The minimum atomic E-state index is -0.951. The molecule has 0 unspecified atom stereocenters. The van der Waals surface area contributed by atoms with E-state index < -0.39 is 11.5 Å². The molecule has 0 spiro atoms. The van der Waals surface area contributed by atoms with E-state index in [0.29, 0.717) is 6.54 Å². The average Bonchev–Trinajstić information content (AvgIpc) is 2.95. The Hall–Kier alpha value is -1.10. The molecule has 1 saturated carbocycles. The molecule has 1 fully saturated rings. The highest BCUT2D eigenvalue weighted by Gasteiger charge is 2.39. The van der Waals surface area contributed by atoms with Crippen molar-refractivity contribution in [2.45, 2.75) is 45.2 Å². The molecule has 16 heavy (non-hydrogen) atoms. The lowest BCUT2D eigenvalue weighted by molar-refractivity contribution is -0.147. The third-order valence-corrected chi connectivity index (χ3v) is 2.71. The van der Waals surface area contributed by atoms with E-state index in [9.17, 15) is 9.59 Å². The molecule has 1 rings (SSSR count). The van der Waals surface area contributed by atoms with Crippen LogP contribution < -0.4 is 5.32 Å². The van der Waals surface area contributed by atoms with Gasteiger partial charge in [0.2, 0.25) is 5.91 Å². The number of carbonyl (C=O) groups excluding carboxylic acids is 1. The third kappa shape index (κ3) is 3.20. The molecule has 92 valence electrons. The number of rotatable bonds is 6. The average molecular weight is 228 g/mol. The van der Waals surface area contributed by atoms with Crippen molar-refractivity contribution in [3.05, 3.63) is 0 Å². The van der Waals surface area contributed by atoms with Gasteiger partial charge in [0.15, 0.2) is 0 Å². The number of aliphatic carboxylic acids is 1. The van der Waals surface area contributed by atoms with Crippen LogP contribution in [0.3, 0.4) is 0 Å². The summed E-state index contributed by atoms with van der Waals surface area (Å²) in [5.74, 6) is -1.08. The van der Waals surface area contributed by atoms with Crippen LogP contribution in [-0.2, 0) is 9.59 Å². The first kappa shape index (κ1) is 13.0. The predicted octanol–water partition coefficient (Wildman–Crippen LogP) is 0.450. The Kier molecular flexibility index (Phi) is 3.91. The Morgan fingerprint density at radius 2 is 2.00 bits per heavy atom. The molecular weight excluding hydrogens is 208 g/mol. The number of amides is 1. The van der Waals surface area contributed by atoms with Crippen LogP contribution in [0, 0.1) is 0 Å². The molecule has 0 bridgehead atoms. The Morgan fingerprint density at radius 3 is 2.38 bits per heavy atom. The van der Waals surface area contributed by atoms with E-state index in [2.05, 4.69) is 5.32 Å². The van der Waals surface area contributed by atoms with Crippen LogP contribution in [0.4, 0.5) is 0 Å². The van der Waals surface area contributed by atoms with E-state index in [-0.39, 0.29) is 18.5 Å². The fraction of sp³-hybridized carbons (Fsp3) is 0.818. The van der Waals surface area contributed by atoms with E-state index in [1.165, 1.54) is 4.90 Å². The van der Waals surface area contributed by atoms with Crippen molar-refractivity contribution in [3.8, 4) is 0 Å². The highest BCUT2D eigenvalue weighted by atomic mass is 16.4. The second kappa shape index (κ2) is 4.82. The minimum Gasteiger partial charge on any atom is -0.480 e. The summed E-state index contributed by atoms with van der Waals surface area (Å²) in [4.78, 5) is 24.4. The Bertz CT molecular complexity index is 285. The first-order valence-electron chi connectivity index (χ1n) is 5.66. The lowest BCUT2D eigenvalue weighted by Crippen LogP contribution is -2.55. The van der Waals surface area contributed by atoms with E-state index in [1.807, 2.05) is 6.92 Å². The highest BCUT2D eigenvalue weighted by molar-refractivity contribution is 5.88. The van der Waals surface area contributed by atoms with Crippen LogP contribution in [0.15, 0.2) is 0 Å². The Morgan fingerprint density at radius 1 is 1.44 bits per heavy atom. The van der Waals surface area contributed by atoms with Gasteiger partial charge in [-0.3, -0.25) is 9.59 Å². The largest absolute Gasteiger partial charge is 0.480 e. The van der Waals surface area contributed by atoms with Crippen LogP contribution >= 0.6 is 0 Å². The van der Waals surface area contributed by atoms with Gasteiger partial charge in [-0.15, -0.1) is 0 Å². The van der Waals surface area contributed by atoms with E-state index in [4.69, 9.17) is 5.11 Å². The van der Waals surface area contributed by atoms with Crippen molar-refractivity contribution < 1.29 is 14.7 Å². The lowest BCUT2D eigenvalue weighted by Gasteiger charge is -2.31. The first-order valence-corrected chi connectivity index (χ1v) is 5.66. The van der Waals surface area contributed by atoms with Gasteiger partial charge in [-0.25, -0.2) is 0 Å². The van der Waals surface area contributed by atoms with Crippen LogP contribution in [0.1, 0.15) is 33.6 Å². The van der Waals surface area contributed by atoms with Crippen molar-refractivity contribution in [2.75, 3.05) is 13.1 Å². The predicted molar refractivity (Wildman–Crippen MR) is 60.1 cm³/mol. The summed E-state index contributed by atoms with van der Waals surface area (Å²) < 4.78 is 0. The van der Waals surface area contributed by atoms with Gasteiger partial charge < -0.3 is 15.3 Å². The second-order valence-electron chi connectivity index (χ2n) is 4.71. The highest BCUT2D eigenvalue weighted by Crippen LogP contribution is 2.28. The summed E-state index contributed by atoms with van der Waals surface area (Å²) >= 11 is 0. The van der Waals surface area contributed by atoms with Gasteiger partial charge in [-0.2, -0.15) is 0 Å². The molecule has 0 atom stereocenters. The number of likely N-dealkylation sites (N-methyl/N-ethyl adjacent to an activating group) is 1. The maximum atomic E-state index is 12.2. The number of nitrogens with one attached hydrogen (secondary N) is 1. The summed E-state index contributed by atoms with van der Waals surface area (Å²) in [6.45, 7) is 5.99. The Labute approximate surface area is 95.8 Å². The molecule has 1 aliphatic rings. The summed E-state index contributed by atoms with van der Waals surface area (Å²) in [5, 5.41) is 11.9. The maximum absolute atomic E-state index is 12.2. The van der Waals surface area contributed by atoms with E-state index in [0.717, 1.165) is 12.8 Å². The van der Waals surface area contributed by atoms with E-state index >= 15 is 0 Å². The van der Waals surface area contributed by atoms with Crippen LogP contribution in [0.25, 0.3) is 0 Å². The van der Waals surface area contributed by atoms with Crippen LogP contribution in [-0.4, -0.2) is 46.6 Å². The molecule has 0 radical (unpaired) electrons. The molecular formula is C11H20N2O3.